The van der Waals surface area contributed by atoms with Gasteiger partial charge in [0.2, 0.25) is 0 Å². The van der Waals surface area contributed by atoms with Crippen molar-refractivity contribution in [2.45, 2.75) is 32.9 Å². The van der Waals surface area contributed by atoms with Crippen LogP contribution in [0.1, 0.15) is 36.2 Å². The number of benzene rings is 1. The SMILES string of the molecule is CCC(C)C(CNC(=O)NCc1ccc(C(=O)O)cc1)OC. The van der Waals surface area contributed by atoms with Gasteiger partial charge in [-0.1, -0.05) is 32.4 Å². The summed E-state index contributed by atoms with van der Waals surface area (Å²) in [6.07, 6.45) is 0.975. The zero-order valence-corrected chi connectivity index (χ0v) is 13.3. The number of carbonyl (C=O) groups excluding carboxylic acids is 1. The summed E-state index contributed by atoms with van der Waals surface area (Å²) in [5, 5.41) is 14.3. The molecular formula is C16H24N2O4. The molecule has 22 heavy (non-hydrogen) atoms. The van der Waals surface area contributed by atoms with E-state index in [4.69, 9.17) is 9.84 Å². The first-order valence-electron chi connectivity index (χ1n) is 7.34. The maximum absolute atomic E-state index is 11.8. The molecule has 122 valence electrons. The molecule has 0 bridgehead atoms. The lowest BCUT2D eigenvalue weighted by atomic mass is 10.0. The van der Waals surface area contributed by atoms with Crippen LogP contribution in [0.4, 0.5) is 4.79 Å². The molecule has 0 aliphatic rings. The zero-order valence-electron chi connectivity index (χ0n) is 13.3. The third kappa shape index (κ3) is 5.73. The summed E-state index contributed by atoms with van der Waals surface area (Å²) in [4.78, 5) is 22.5. The van der Waals surface area contributed by atoms with Gasteiger partial charge in [0.25, 0.3) is 0 Å². The van der Waals surface area contributed by atoms with Crippen LogP contribution < -0.4 is 10.6 Å². The Balaban J connectivity index is 2.38. The van der Waals surface area contributed by atoms with E-state index in [0.717, 1.165) is 12.0 Å². The number of carboxylic acid groups (broad SMARTS) is 1. The normalized spacial score (nSPS) is 13.2. The number of rotatable bonds is 8. The quantitative estimate of drug-likeness (QED) is 0.687. The summed E-state index contributed by atoms with van der Waals surface area (Å²) in [6.45, 7) is 4.96. The molecule has 1 aromatic rings. The van der Waals surface area contributed by atoms with Gasteiger partial charge in [0.05, 0.1) is 11.7 Å². The summed E-state index contributed by atoms with van der Waals surface area (Å²) in [6, 6.07) is 6.12. The first-order valence-corrected chi connectivity index (χ1v) is 7.34. The molecule has 2 amide bonds. The largest absolute Gasteiger partial charge is 0.478 e. The highest BCUT2D eigenvalue weighted by Gasteiger charge is 2.15. The molecule has 0 aliphatic heterocycles. The summed E-state index contributed by atoms with van der Waals surface area (Å²) in [7, 11) is 1.64. The van der Waals surface area contributed by atoms with Crippen LogP contribution in [-0.2, 0) is 11.3 Å². The lowest BCUT2D eigenvalue weighted by Gasteiger charge is -2.21. The molecule has 0 spiro atoms. The smallest absolute Gasteiger partial charge is 0.335 e. The Bertz CT molecular complexity index is 487. The molecule has 6 nitrogen and oxygen atoms in total. The first-order chi connectivity index (χ1) is 10.5. The summed E-state index contributed by atoms with van der Waals surface area (Å²) < 4.78 is 5.35. The number of ether oxygens (including phenoxy) is 1. The van der Waals surface area contributed by atoms with Crippen LogP contribution in [0.25, 0.3) is 0 Å². The highest BCUT2D eigenvalue weighted by Crippen LogP contribution is 2.09. The highest BCUT2D eigenvalue weighted by atomic mass is 16.5. The maximum Gasteiger partial charge on any atom is 0.335 e. The number of hydrogen-bond donors (Lipinski definition) is 3. The molecule has 0 saturated carbocycles. The van der Waals surface area contributed by atoms with Crippen molar-refractivity contribution >= 4 is 12.0 Å². The Morgan fingerprint density at radius 2 is 1.86 bits per heavy atom. The molecule has 0 radical (unpaired) electrons. The van der Waals surface area contributed by atoms with Crippen LogP contribution in [0.3, 0.4) is 0 Å². The number of aromatic carboxylic acids is 1. The highest BCUT2D eigenvalue weighted by molar-refractivity contribution is 5.87. The maximum atomic E-state index is 11.8. The molecule has 2 atom stereocenters. The standard InChI is InChI=1S/C16H24N2O4/c1-4-11(2)14(22-3)10-18-16(21)17-9-12-5-7-13(8-6-12)15(19)20/h5-8,11,14H,4,9-10H2,1-3H3,(H,19,20)(H2,17,18,21). The fourth-order valence-corrected chi connectivity index (χ4v) is 1.98. The number of urea groups is 1. The number of hydrogen-bond acceptors (Lipinski definition) is 3. The molecule has 0 aliphatic carbocycles. The van der Waals surface area contributed by atoms with Crippen molar-refractivity contribution in [2.75, 3.05) is 13.7 Å². The molecular weight excluding hydrogens is 284 g/mol. The average Bonchev–Trinajstić information content (AvgIpc) is 2.53. The van der Waals surface area contributed by atoms with E-state index in [0.29, 0.717) is 19.0 Å². The molecule has 0 saturated heterocycles. The second-order valence-corrected chi connectivity index (χ2v) is 5.23. The van der Waals surface area contributed by atoms with Gasteiger partial charge in [0.1, 0.15) is 0 Å². The summed E-state index contributed by atoms with van der Waals surface area (Å²) in [5.41, 5.74) is 1.06. The lowest BCUT2D eigenvalue weighted by Crippen LogP contribution is -2.41. The van der Waals surface area contributed by atoms with Crippen molar-refractivity contribution in [1.29, 1.82) is 0 Å². The van der Waals surface area contributed by atoms with Crippen molar-refractivity contribution in [3.8, 4) is 0 Å². The Labute approximate surface area is 130 Å². The molecule has 0 heterocycles. The van der Waals surface area contributed by atoms with Gasteiger partial charge in [-0.2, -0.15) is 0 Å². The predicted molar refractivity (Wildman–Crippen MR) is 83.9 cm³/mol. The average molecular weight is 308 g/mol. The van der Waals surface area contributed by atoms with Crippen LogP contribution in [0.2, 0.25) is 0 Å². The van der Waals surface area contributed by atoms with Gasteiger partial charge in [0.15, 0.2) is 0 Å². The van der Waals surface area contributed by atoms with Crippen LogP contribution in [0, 0.1) is 5.92 Å². The van der Waals surface area contributed by atoms with Gasteiger partial charge in [-0.15, -0.1) is 0 Å². The molecule has 0 fully saturated rings. The van der Waals surface area contributed by atoms with Gasteiger partial charge in [-0.3, -0.25) is 0 Å². The van der Waals surface area contributed by atoms with Gasteiger partial charge >= 0.3 is 12.0 Å². The number of amides is 2. The topological polar surface area (TPSA) is 87.7 Å². The molecule has 6 heteroatoms. The molecule has 2 unspecified atom stereocenters. The fourth-order valence-electron chi connectivity index (χ4n) is 1.98. The number of methoxy groups -OCH3 is 1. The monoisotopic (exact) mass is 308 g/mol. The van der Waals surface area contributed by atoms with Crippen molar-refractivity contribution in [1.82, 2.24) is 10.6 Å². The van der Waals surface area contributed by atoms with Crippen molar-refractivity contribution in [3.63, 3.8) is 0 Å². The van der Waals surface area contributed by atoms with Crippen LogP contribution in [0.15, 0.2) is 24.3 Å². The Hall–Kier alpha value is -2.08. The van der Waals surface area contributed by atoms with E-state index in [9.17, 15) is 9.59 Å². The Morgan fingerprint density at radius 3 is 2.36 bits per heavy atom. The van der Waals surface area contributed by atoms with Crippen LogP contribution in [-0.4, -0.2) is 36.9 Å². The van der Waals surface area contributed by atoms with Crippen LogP contribution in [0.5, 0.6) is 0 Å². The minimum atomic E-state index is -0.965. The summed E-state index contributed by atoms with van der Waals surface area (Å²) in [5.74, 6) is -0.596. The third-order valence-corrected chi connectivity index (χ3v) is 3.70. The molecule has 1 rings (SSSR count). The van der Waals surface area contributed by atoms with E-state index in [2.05, 4.69) is 24.5 Å². The van der Waals surface area contributed by atoms with E-state index in [1.807, 2.05) is 0 Å². The zero-order chi connectivity index (χ0) is 16.5. The van der Waals surface area contributed by atoms with Gasteiger partial charge in [-0.25, -0.2) is 9.59 Å². The lowest BCUT2D eigenvalue weighted by molar-refractivity contribution is 0.0589. The van der Waals surface area contributed by atoms with Gasteiger partial charge < -0.3 is 20.5 Å². The number of carbonyl (C=O) groups is 2. The van der Waals surface area contributed by atoms with E-state index in [1.54, 1.807) is 19.2 Å². The van der Waals surface area contributed by atoms with Crippen molar-refractivity contribution < 1.29 is 19.4 Å². The summed E-state index contributed by atoms with van der Waals surface area (Å²) >= 11 is 0. The fraction of sp³-hybridized carbons (Fsp3) is 0.500. The Kier molecular flexibility index (Phi) is 7.39. The molecule has 3 N–H and O–H groups in total. The predicted octanol–water partition coefficient (Wildman–Crippen LogP) is 2.25. The molecule has 0 aromatic heterocycles. The third-order valence-electron chi connectivity index (χ3n) is 3.70. The van der Waals surface area contributed by atoms with Gasteiger partial charge in [-0.05, 0) is 23.6 Å². The van der Waals surface area contributed by atoms with E-state index in [-0.39, 0.29) is 17.7 Å². The van der Waals surface area contributed by atoms with Crippen molar-refractivity contribution in [3.05, 3.63) is 35.4 Å². The second-order valence-electron chi connectivity index (χ2n) is 5.23. The van der Waals surface area contributed by atoms with Crippen molar-refractivity contribution in [2.24, 2.45) is 5.92 Å². The second kappa shape index (κ2) is 9.04. The number of nitrogens with one attached hydrogen (secondary N) is 2. The molecule has 1 aromatic carbocycles. The van der Waals surface area contributed by atoms with Gasteiger partial charge in [0, 0.05) is 20.2 Å². The van der Waals surface area contributed by atoms with E-state index < -0.39 is 5.97 Å². The van der Waals surface area contributed by atoms with E-state index in [1.165, 1.54) is 12.1 Å². The number of carboxylic acids is 1. The minimum Gasteiger partial charge on any atom is -0.478 e. The van der Waals surface area contributed by atoms with Crippen LogP contribution >= 0.6 is 0 Å². The minimum absolute atomic E-state index is 0.00870. The van der Waals surface area contributed by atoms with E-state index >= 15 is 0 Å². The first kappa shape index (κ1) is 18.0. The Morgan fingerprint density at radius 1 is 1.23 bits per heavy atom.